The first-order valence-corrected chi connectivity index (χ1v) is 9.04. The summed E-state index contributed by atoms with van der Waals surface area (Å²) >= 11 is 0. The topological polar surface area (TPSA) is 51.2 Å². The Kier molecular flexibility index (Phi) is 4.46. The molecule has 3 unspecified atom stereocenters. The largest absolute Gasteiger partial charge is 0.300 e. The van der Waals surface area contributed by atoms with Crippen molar-refractivity contribution in [2.24, 2.45) is 17.8 Å². The Bertz CT molecular complexity index is 399. The molecular weight excluding hydrogens is 248 g/mol. The molecule has 0 aromatic carbocycles. The Morgan fingerprint density at radius 3 is 2.56 bits per heavy atom. The predicted molar refractivity (Wildman–Crippen MR) is 72.1 cm³/mol. The van der Waals surface area contributed by atoms with Gasteiger partial charge in [0.05, 0.1) is 5.75 Å². The number of carbonyl (C=O) groups excluding carboxylic acids is 1. The smallest absolute Gasteiger partial charge is 0.150 e. The van der Waals surface area contributed by atoms with Crippen LogP contribution in [0, 0.1) is 17.8 Å². The van der Waals surface area contributed by atoms with E-state index in [0.717, 1.165) is 11.8 Å². The summed E-state index contributed by atoms with van der Waals surface area (Å²) in [6, 6.07) is 0. The van der Waals surface area contributed by atoms with Crippen molar-refractivity contribution in [3.8, 4) is 0 Å². The molecule has 3 atom stereocenters. The summed E-state index contributed by atoms with van der Waals surface area (Å²) < 4.78 is 22.6. The van der Waals surface area contributed by atoms with E-state index in [0.29, 0.717) is 25.2 Å². The summed E-state index contributed by atoms with van der Waals surface area (Å²) in [6.07, 6.45) is 6.92. The summed E-state index contributed by atoms with van der Waals surface area (Å²) in [7, 11) is -2.90. The van der Waals surface area contributed by atoms with Crippen LogP contribution < -0.4 is 0 Å². The van der Waals surface area contributed by atoms with Gasteiger partial charge in [-0.2, -0.15) is 0 Å². The molecule has 0 aromatic rings. The number of carbonyl (C=O) groups is 1. The third kappa shape index (κ3) is 3.56. The van der Waals surface area contributed by atoms with Gasteiger partial charge in [-0.05, 0) is 43.4 Å². The summed E-state index contributed by atoms with van der Waals surface area (Å²) in [4.78, 5) is 11.9. The van der Waals surface area contributed by atoms with Crippen molar-refractivity contribution in [2.75, 3.05) is 11.5 Å². The summed E-state index contributed by atoms with van der Waals surface area (Å²) in [6.45, 7) is 1.66. The number of hydrogen-bond acceptors (Lipinski definition) is 3. The number of fused-ring (bicyclic) bond motifs is 2. The van der Waals surface area contributed by atoms with Crippen molar-refractivity contribution >= 4 is 15.6 Å². The highest BCUT2D eigenvalue weighted by Gasteiger charge is 2.39. The molecule has 2 bridgehead atoms. The standard InChI is InChI=1S/C14H24O3S/c1-2-18(16,17)7-3-4-14(15)10-13-9-11-5-6-12(13)8-11/h11-13H,2-10H2,1H3. The van der Waals surface area contributed by atoms with Crippen LogP contribution in [0.5, 0.6) is 0 Å². The van der Waals surface area contributed by atoms with Crippen molar-refractivity contribution in [1.29, 1.82) is 0 Å². The highest BCUT2D eigenvalue weighted by Crippen LogP contribution is 2.49. The Labute approximate surface area is 110 Å². The van der Waals surface area contributed by atoms with E-state index in [-0.39, 0.29) is 17.3 Å². The molecule has 4 heteroatoms. The summed E-state index contributed by atoms with van der Waals surface area (Å²) in [5.74, 6) is 2.92. The number of rotatable bonds is 7. The molecule has 0 N–H and O–H groups in total. The Balaban J connectivity index is 1.67. The minimum absolute atomic E-state index is 0.173. The first-order valence-electron chi connectivity index (χ1n) is 7.22. The molecule has 0 aromatic heterocycles. The molecule has 0 amide bonds. The maximum Gasteiger partial charge on any atom is 0.150 e. The van der Waals surface area contributed by atoms with Crippen LogP contribution in [0.2, 0.25) is 0 Å². The molecular formula is C14H24O3S. The van der Waals surface area contributed by atoms with Gasteiger partial charge < -0.3 is 0 Å². The predicted octanol–water partition coefficient (Wildman–Crippen LogP) is 2.60. The van der Waals surface area contributed by atoms with E-state index in [4.69, 9.17) is 0 Å². The van der Waals surface area contributed by atoms with Crippen LogP contribution in [0.4, 0.5) is 0 Å². The van der Waals surface area contributed by atoms with Crippen molar-refractivity contribution in [2.45, 2.75) is 51.9 Å². The highest BCUT2D eigenvalue weighted by atomic mass is 32.2. The zero-order valence-electron chi connectivity index (χ0n) is 11.2. The third-order valence-electron chi connectivity index (χ3n) is 4.73. The van der Waals surface area contributed by atoms with Crippen LogP contribution in [-0.2, 0) is 14.6 Å². The van der Waals surface area contributed by atoms with Gasteiger partial charge in [-0.1, -0.05) is 13.3 Å². The monoisotopic (exact) mass is 272 g/mol. The van der Waals surface area contributed by atoms with Gasteiger partial charge in [-0.3, -0.25) is 4.79 Å². The average molecular weight is 272 g/mol. The molecule has 0 heterocycles. The number of Topliss-reactive ketones (excluding diaryl/α,β-unsaturated/α-hetero) is 1. The van der Waals surface area contributed by atoms with Crippen molar-refractivity contribution in [3.63, 3.8) is 0 Å². The Hall–Kier alpha value is -0.380. The molecule has 2 fully saturated rings. The molecule has 0 radical (unpaired) electrons. The summed E-state index contributed by atoms with van der Waals surface area (Å²) in [5, 5.41) is 0. The quantitative estimate of drug-likeness (QED) is 0.716. The van der Waals surface area contributed by atoms with E-state index in [1.807, 2.05) is 0 Å². The zero-order chi connectivity index (χ0) is 13.2. The van der Waals surface area contributed by atoms with Gasteiger partial charge >= 0.3 is 0 Å². The van der Waals surface area contributed by atoms with Crippen LogP contribution in [0.25, 0.3) is 0 Å². The molecule has 0 aliphatic heterocycles. The maximum absolute atomic E-state index is 11.9. The molecule has 104 valence electrons. The van der Waals surface area contributed by atoms with Crippen LogP contribution in [0.1, 0.15) is 51.9 Å². The lowest BCUT2D eigenvalue weighted by molar-refractivity contribution is -0.120. The average Bonchev–Trinajstić information content (AvgIpc) is 2.90. The van der Waals surface area contributed by atoms with E-state index in [9.17, 15) is 13.2 Å². The molecule has 0 saturated heterocycles. The zero-order valence-corrected chi connectivity index (χ0v) is 12.0. The fraction of sp³-hybridized carbons (Fsp3) is 0.929. The van der Waals surface area contributed by atoms with Crippen LogP contribution >= 0.6 is 0 Å². The molecule has 2 aliphatic carbocycles. The normalized spacial score (nSPS) is 30.8. The van der Waals surface area contributed by atoms with E-state index in [1.54, 1.807) is 6.92 Å². The van der Waals surface area contributed by atoms with Gasteiger partial charge in [0.1, 0.15) is 15.6 Å². The minimum atomic E-state index is -2.90. The van der Waals surface area contributed by atoms with Crippen LogP contribution in [0.3, 0.4) is 0 Å². The van der Waals surface area contributed by atoms with E-state index < -0.39 is 9.84 Å². The van der Waals surface area contributed by atoms with E-state index >= 15 is 0 Å². The Morgan fingerprint density at radius 2 is 2.00 bits per heavy atom. The third-order valence-corrected chi connectivity index (χ3v) is 6.52. The Morgan fingerprint density at radius 1 is 1.22 bits per heavy atom. The van der Waals surface area contributed by atoms with Crippen molar-refractivity contribution < 1.29 is 13.2 Å². The molecule has 2 rings (SSSR count). The second-order valence-corrected chi connectivity index (χ2v) is 8.49. The molecule has 2 saturated carbocycles. The number of hydrogen-bond donors (Lipinski definition) is 0. The number of sulfone groups is 1. The van der Waals surface area contributed by atoms with Crippen molar-refractivity contribution in [1.82, 2.24) is 0 Å². The highest BCUT2D eigenvalue weighted by molar-refractivity contribution is 7.91. The van der Waals surface area contributed by atoms with Gasteiger partial charge in [-0.25, -0.2) is 8.42 Å². The summed E-state index contributed by atoms with van der Waals surface area (Å²) in [5.41, 5.74) is 0. The van der Waals surface area contributed by atoms with Gasteiger partial charge in [0.25, 0.3) is 0 Å². The van der Waals surface area contributed by atoms with Gasteiger partial charge in [0, 0.05) is 18.6 Å². The van der Waals surface area contributed by atoms with E-state index in [2.05, 4.69) is 0 Å². The van der Waals surface area contributed by atoms with Crippen molar-refractivity contribution in [3.05, 3.63) is 0 Å². The molecule has 3 nitrogen and oxygen atoms in total. The van der Waals surface area contributed by atoms with Gasteiger partial charge in [-0.15, -0.1) is 0 Å². The first-order chi connectivity index (χ1) is 8.50. The van der Waals surface area contributed by atoms with E-state index in [1.165, 1.54) is 25.7 Å². The SMILES string of the molecule is CCS(=O)(=O)CCCC(=O)CC1CC2CCC1C2. The second-order valence-electron chi connectivity index (χ2n) is 6.02. The maximum atomic E-state index is 11.9. The molecule has 0 spiro atoms. The van der Waals surface area contributed by atoms with Gasteiger partial charge in [0.2, 0.25) is 0 Å². The van der Waals surface area contributed by atoms with Gasteiger partial charge in [0.15, 0.2) is 0 Å². The lowest BCUT2D eigenvalue weighted by atomic mass is 9.85. The lowest BCUT2D eigenvalue weighted by Gasteiger charge is -2.20. The van der Waals surface area contributed by atoms with Crippen LogP contribution in [-0.4, -0.2) is 25.7 Å². The minimum Gasteiger partial charge on any atom is -0.300 e. The second kappa shape index (κ2) is 5.72. The lowest BCUT2D eigenvalue weighted by Crippen LogP contribution is -2.16. The molecule has 2 aliphatic rings. The fourth-order valence-electron chi connectivity index (χ4n) is 3.65. The number of ketones is 1. The van der Waals surface area contributed by atoms with Crippen LogP contribution in [0.15, 0.2) is 0 Å². The first kappa shape index (κ1) is 14.0. The molecule has 18 heavy (non-hydrogen) atoms. The fourth-order valence-corrected chi connectivity index (χ4v) is 4.53.